The van der Waals surface area contributed by atoms with E-state index in [9.17, 15) is 0 Å². The van der Waals surface area contributed by atoms with Crippen LogP contribution < -0.4 is 5.14 Å². The minimum atomic E-state index is 0.886. The van der Waals surface area contributed by atoms with Crippen molar-refractivity contribution >= 4 is 33.1 Å². The van der Waals surface area contributed by atoms with Crippen molar-refractivity contribution in [2.24, 2.45) is 5.14 Å². The van der Waals surface area contributed by atoms with Crippen LogP contribution in [0.15, 0.2) is 34.7 Å². The Balaban J connectivity index is 2.25. The third-order valence-corrected chi connectivity index (χ3v) is 4.21. The smallest absolute Gasteiger partial charge is 0.186 e. The normalized spacial score (nSPS) is 10.4. The van der Waals surface area contributed by atoms with Gasteiger partial charge in [-0.05, 0) is 21.8 Å². The molecule has 0 unspecified atom stereocenters. The maximum Gasteiger partial charge on any atom is 0.186 e. The van der Waals surface area contributed by atoms with E-state index in [0.717, 1.165) is 14.9 Å². The molecule has 1 aromatic heterocycles. The molecule has 1 aromatic carbocycles. The minimum Gasteiger partial charge on any atom is -0.268 e. The Bertz CT molecular complexity index is 401. The Hall–Kier alpha value is -0.560. The molecule has 3 nitrogen and oxygen atoms in total. The highest BCUT2D eigenvalue weighted by Crippen LogP contribution is 2.32. The SMILES string of the molecule is NSSc1nnc(-c2ccccc2)s1. The fraction of sp³-hybridized carbons (Fsp3) is 0. The molecular formula is C8H7N3S3. The average molecular weight is 241 g/mol. The number of aromatic nitrogens is 2. The summed E-state index contributed by atoms with van der Waals surface area (Å²) >= 11 is 1.55. The van der Waals surface area contributed by atoms with Crippen molar-refractivity contribution in [2.45, 2.75) is 4.34 Å². The van der Waals surface area contributed by atoms with Crippen LogP contribution in [-0.4, -0.2) is 10.2 Å². The lowest BCUT2D eigenvalue weighted by Gasteiger charge is -1.91. The van der Waals surface area contributed by atoms with Gasteiger partial charge in [-0.1, -0.05) is 41.7 Å². The molecule has 0 saturated heterocycles. The van der Waals surface area contributed by atoms with Crippen molar-refractivity contribution in [1.29, 1.82) is 0 Å². The molecule has 2 N–H and O–H groups in total. The number of nitrogens with zero attached hydrogens (tertiary/aromatic N) is 2. The second kappa shape index (κ2) is 4.79. The molecule has 0 fully saturated rings. The van der Waals surface area contributed by atoms with Crippen LogP contribution in [0.2, 0.25) is 0 Å². The first kappa shape index (κ1) is 9.97. The van der Waals surface area contributed by atoms with Crippen LogP contribution in [0.1, 0.15) is 0 Å². The first-order valence-electron chi connectivity index (χ1n) is 3.82. The zero-order valence-electron chi connectivity index (χ0n) is 7.08. The van der Waals surface area contributed by atoms with Gasteiger partial charge in [0.2, 0.25) is 0 Å². The van der Waals surface area contributed by atoms with Gasteiger partial charge in [-0.25, -0.2) is 0 Å². The van der Waals surface area contributed by atoms with E-state index >= 15 is 0 Å². The molecule has 2 rings (SSSR count). The summed E-state index contributed by atoms with van der Waals surface area (Å²) < 4.78 is 0.886. The van der Waals surface area contributed by atoms with E-state index in [0.29, 0.717) is 0 Å². The molecule has 0 aliphatic heterocycles. The second-order valence-corrected chi connectivity index (χ2v) is 5.48. The summed E-state index contributed by atoms with van der Waals surface area (Å²) in [6, 6.07) is 9.99. The number of rotatable bonds is 3. The van der Waals surface area contributed by atoms with Crippen molar-refractivity contribution in [3.63, 3.8) is 0 Å². The van der Waals surface area contributed by atoms with Gasteiger partial charge in [0, 0.05) is 5.56 Å². The molecule has 0 saturated carbocycles. The monoisotopic (exact) mass is 241 g/mol. The van der Waals surface area contributed by atoms with E-state index in [4.69, 9.17) is 5.14 Å². The van der Waals surface area contributed by atoms with Crippen LogP contribution in [0.25, 0.3) is 10.6 Å². The summed E-state index contributed by atoms with van der Waals surface area (Å²) in [5.74, 6) is 0. The fourth-order valence-electron chi connectivity index (χ4n) is 0.982. The van der Waals surface area contributed by atoms with Gasteiger partial charge >= 0.3 is 0 Å². The Kier molecular flexibility index (Phi) is 3.41. The maximum atomic E-state index is 5.33. The van der Waals surface area contributed by atoms with Crippen molar-refractivity contribution in [3.05, 3.63) is 30.3 Å². The molecule has 0 radical (unpaired) electrons. The lowest BCUT2D eigenvalue weighted by Crippen LogP contribution is -1.74. The van der Waals surface area contributed by atoms with Gasteiger partial charge in [0.15, 0.2) is 4.34 Å². The van der Waals surface area contributed by atoms with Crippen LogP contribution in [0.4, 0.5) is 0 Å². The summed E-state index contributed by atoms with van der Waals surface area (Å²) in [7, 11) is 2.62. The summed E-state index contributed by atoms with van der Waals surface area (Å²) in [5, 5.41) is 14.4. The summed E-state index contributed by atoms with van der Waals surface area (Å²) in [5.41, 5.74) is 1.10. The number of hydrogen-bond donors (Lipinski definition) is 1. The first-order valence-corrected chi connectivity index (χ1v) is 6.85. The van der Waals surface area contributed by atoms with Gasteiger partial charge in [0.1, 0.15) is 5.01 Å². The zero-order chi connectivity index (χ0) is 9.80. The molecule has 14 heavy (non-hydrogen) atoms. The molecule has 6 heteroatoms. The molecule has 0 amide bonds. The molecular weight excluding hydrogens is 234 g/mol. The minimum absolute atomic E-state index is 0.886. The third-order valence-electron chi connectivity index (χ3n) is 1.55. The maximum absolute atomic E-state index is 5.33. The highest BCUT2D eigenvalue weighted by Gasteiger charge is 2.05. The van der Waals surface area contributed by atoms with Crippen LogP contribution >= 0.6 is 33.1 Å². The van der Waals surface area contributed by atoms with Crippen molar-refractivity contribution < 1.29 is 0 Å². The molecule has 0 bridgehead atoms. The van der Waals surface area contributed by atoms with Crippen molar-refractivity contribution in [1.82, 2.24) is 10.2 Å². The summed E-state index contributed by atoms with van der Waals surface area (Å²) in [4.78, 5) is 0. The van der Waals surface area contributed by atoms with E-state index in [1.54, 1.807) is 11.3 Å². The fourth-order valence-corrected chi connectivity index (χ4v) is 3.10. The quantitative estimate of drug-likeness (QED) is 0.661. The first-order chi connectivity index (χ1) is 6.90. The molecule has 0 aliphatic rings. The van der Waals surface area contributed by atoms with Crippen LogP contribution in [-0.2, 0) is 0 Å². The molecule has 0 spiro atoms. The van der Waals surface area contributed by atoms with Crippen LogP contribution in [0.5, 0.6) is 0 Å². The topological polar surface area (TPSA) is 51.8 Å². The van der Waals surface area contributed by atoms with Gasteiger partial charge in [-0.15, -0.1) is 10.2 Å². The highest BCUT2D eigenvalue weighted by atomic mass is 33.1. The van der Waals surface area contributed by atoms with E-state index < -0.39 is 0 Å². The number of hydrogen-bond acceptors (Lipinski definition) is 6. The van der Waals surface area contributed by atoms with Crippen molar-refractivity contribution in [3.8, 4) is 10.6 Å². The van der Waals surface area contributed by atoms with E-state index in [1.165, 1.54) is 21.8 Å². The zero-order valence-corrected chi connectivity index (χ0v) is 9.53. The lowest BCUT2D eigenvalue weighted by molar-refractivity contribution is 1.02. The summed E-state index contributed by atoms with van der Waals surface area (Å²) in [6.45, 7) is 0. The van der Waals surface area contributed by atoms with E-state index in [-0.39, 0.29) is 0 Å². The van der Waals surface area contributed by atoms with Gasteiger partial charge in [0.05, 0.1) is 0 Å². The van der Waals surface area contributed by atoms with Gasteiger partial charge in [-0.3, -0.25) is 5.14 Å². The van der Waals surface area contributed by atoms with Crippen LogP contribution in [0.3, 0.4) is 0 Å². The Labute approximate surface area is 93.7 Å². The Morgan fingerprint density at radius 3 is 2.64 bits per heavy atom. The van der Waals surface area contributed by atoms with Crippen LogP contribution in [0, 0.1) is 0 Å². The highest BCUT2D eigenvalue weighted by molar-refractivity contribution is 8.76. The van der Waals surface area contributed by atoms with Crippen molar-refractivity contribution in [2.75, 3.05) is 0 Å². The number of nitrogens with two attached hydrogens (primary N) is 1. The molecule has 0 atom stereocenters. The Morgan fingerprint density at radius 2 is 1.93 bits per heavy atom. The lowest BCUT2D eigenvalue weighted by atomic mass is 10.2. The number of benzene rings is 1. The average Bonchev–Trinajstić information content (AvgIpc) is 2.68. The summed E-state index contributed by atoms with van der Waals surface area (Å²) in [6.07, 6.45) is 0. The predicted molar refractivity (Wildman–Crippen MR) is 63.0 cm³/mol. The third kappa shape index (κ3) is 2.27. The standard InChI is InChI=1S/C8H7N3S3/c9-14-13-8-11-10-7(12-8)6-4-2-1-3-5-6/h1-5H,9H2. The molecule has 1 heterocycles. The second-order valence-electron chi connectivity index (χ2n) is 2.42. The van der Waals surface area contributed by atoms with E-state index in [2.05, 4.69) is 10.2 Å². The van der Waals surface area contributed by atoms with E-state index in [1.807, 2.05) is 30.3 Å². The van der Waals surface area contributed by atoms with Gasteiger partial charge in [-0.2, -0.15) is 0 Å². The van der Waals surface area contributed by atoms with Gasteiger partial charge in [0.25, 0.3) is 0 Å². The largest absolute Gasteiger partial charge is 0.268 e. The van der Waals surface area contributed by atoms with Gasteiger partial charge < -0.3 is 0 Å². The molecule has 72 valence electrons. The molecule has 2 aromatic rings. The Morgan fingerprint density at radius 1 is 1.14 bits per heavy atom. The molecule has 0 aliphatic carbocycles. The predicted octanol–water partition coefficient (Wildman–Crippen LogP) is 2.82.